The van der Waals surface area contributed by atoms with E-state index in [0.717, 1.165) is 12.8 Å². The molecule has 0 unspecified atom stereocenters. The van der Waals surface area contributed by atoms with Crippen molar-refractivity contribution in [2.45, 2.75) is 18.8 Å². The molecule has 64 valence electrons. The highest BCUT2D eigenvalue weighted by Gasteiger charge is 2.31. The number of carboxylic acids is 1. The smallest absolute Gasteiger partial charge is 0.343 e. The largest absolute Gasteiger partial charge is 0.477 e. The van der Waals surface area contributed by atoms with Crippen LogP contribution in [-0.4, -0.2) is 21.3 Å². The third-order valence-corrected chi connectivity index (χ3v) is 2.01. The maximum atomic E-state index is 10.9. The first-order valence-electron chi connectivity index (χ1n) is 3.74. The minimum Gasteiger partial charge on any atom is -0.477 e. The number of carboxylic acid groups (broad SMARTS) is 1. The first-order chi connectivity index (χ1) is 5.70. The van der Waals surface area contributed by atoms with Gasteiger partial charge in [-0.15, -0.1) is 0 Å². The summed E-state index contributed by atoms with van der Waals surface area (Å²) in [5, 5.41) is 13.5. The van der Waals surface area contributed by atoms with Crippen LogP contribution in [0.4, 0.5) is 0 Å². The van der Waals surface area contributed by atoms with Gasteiger partial charge in [0.2, 0.25) is 0 Å². The van der Waals surface area contributed by atoms with E-state index in [4.69, 9.17) is 5.11 Å². The van der Waals surface area contributed by atoms with Gasteiger partial charge in [0.05, 0.1) is 5.69 Å². The summed E-state index contributed by atoms with van der Waals surface area (Å²) in [6, 6.07) is 0. The minimum atomic E-state index is -1.15. The van der Waals surface area contributed by atoms with Crippen LogP contribution < -0.4 is 5.56 Å². The normalized spacial score (nSPS) is 16.3. The highest BCUT2D eigenvalue weighted by molar-refractivity contribution is 5.88. The molecule has 12 heavy (non-hydrogen) atoms. The van der Waals surface area contributed by atoms with Crippen LogP contribution in [-0.2, 0) is 0 Å². The molecule has 1 saturated carbocycles. The lowest BCUT2D eigenvalue weighted by Gasteiger charge is -1.91. The Kier molecular flexibility index (Phi) is 1.33. The van der Waals surface area contributed by atoms with E-state index in [1.165, 1.54) is 0 Å². The Labute approximate surface area is 67.4 Å². The Balaban J connectivity index is 2.53. The number of aromatic amines is 2. The molecule has 2 rings (SSSR count). The van der Waals surface area contributed by atoms with Gasteiger partial charge in [0.15, 0.2) is 0 Å². The molecule has 0 atom stereocenters. The van der Waals surface area contributed by atoms with Gasteiger partial charge in [0.1, 0.15) is 5.56 Å². The topological polar surface area (TPSA) is 85.9 Å². The summed E-state index contributed by atoms with van der Waals surface area (Å²) in [6.07, 6.45) is 1.93. The number of nitrogens with one attached hydrogen (secondary N) is 2. The quantitative estimate of drug-likeness (QED) is 0.592. The maximum absolute atomic E-state index is 10.9. The second kappa shape index (κ2) is 2.23. The number of H-pyrrole nitrogens is 2. The van der Waals surface area contributed by atoms with E-state index in [1.54, 1.807) is 0 Å². The highest BCUT2D eigenvalue weighted by Crippen LogP contribution is 2.39. The second-order valence-electron chi connectivity index (χ2n) is 2.95. The maximum Gasteiger partial charge on any atom is 0.343 e. The van der Waals surface area contributed by atoms with Gasteiger partial charge in [-0.1, -0.05) is 0 Å². The average Bonchev–Trinajstić information content (AvgIpc) is 2.75. The lowest BCUT2D eigenvalue weighted by Crippen LogP contribution is -2.12. The molecule has 5 heteroatoms. The zero-order valence-corrected chi connectivity index (χ0v) is 6.26. The Morgan fingerprint density at radius 2 is 2.08 bits per heavy atom. The zero-order valence-electron chi connectivity index (χ0n) is 6.26. The number of carbonyl (C=O) groups is 1. The summed E-state index contributed by atoms with van der Waals surface area (Å²) < 4.78 is 0. The average molecular weight is 168 g/mol. The predicted octanol–water partition coefficient (Wildman–Crippen LogP) is 0.279. The molecule has 0 spiro atoms. The summed E-state index contributed by atoms with van der Waals surface area (Å²) in [4.78, 5) is 21.5. The fraction of sp³-hybridized carbons (Fsp3) is 0.429. The van der Waals surface area contributed by atoms with Crippen LogP contribution in [0.15, 0.2) is 4.79 Å². The van der Waals surface area contributed by atoms with E-state index in [-0.39, 0.29) is 11.5 Å². The van der Waals surface area contributed by atoms with Gasteiger partial charge < -0.3 is 10.2 Å². The second-order valence-corrected chi connectivity index (χ2v) is 2.95. The Morgan fingerprint density at radius 3 is 2.58 bits per heavy atom. The predicted molar refractivity (Wildman–Crippen MR) is 40.3 cm³/mol. The lowest BCUT2D eigenvalue weighted by atomic mass is 10.2. The molecule has 0 bridgehead atoms. The molecule has 1 heterocycles. The van der Waals surface area contributed by atoms with Gasteiger partial charge in [-0.05, 0) is 12.8 Å². The van der Waals surface area contributed by atoms with Crippen molar-refractivity contribution in [3.63, 3.8) is 0 Å². The first-order valence-corrected chi connectivity index (χ1v) is 3.74. The van der Waals surface area contributed by atoms with Crippen molar-refractivity contribution >= 4 is 5.97 Å². The van der Waals surface area contributed by atoms with Crippen LogP contribution in [0.1, 0.15) is 34.8 Å². The molecule has 1 aromatic rings. The lowest BCUT2D eigenvalue weighted by molar-refractivity contribution is 0.0694. The number of hydrogen-bond acceptors (Lipinski definition) is 2. The molecule has 1 aliphatic carbocycles. The highest BCUT2D eigenvalue weighted by atomic mass is 16.4. The molecule has 1 aromatic heterocycles. The molecule has 0 saturated heterocycles. The number of hydrogen-bond donors (Lipinski definition) is 3. The van der Waals surface area contributed by atoms with Gasteiger partial charge in [-0.25, -0.2) is 4.79 Å². The molecule has 0 aromatic carbocycles. The third-order valence-electron chi connectivity index (χ3n) is 2.01. The monoisotopic (exact) mass is 168 g/mol. The van der Waals surface area contributed by atoms with Crippen molar-refractivity contribution in [3.05, 3.63) is 21.6 Å². The molecular weight excluding hydrogens is 160 g/mol. The van der Waals surface area contributed by atoms with Gasteiger partial charge in [-0.3, -0.25) is 9.89 Å². The minimum absolute atomic E-state index is 0.127. The molecule has 1 fully saturated rings. The van der Waals surface area contributed by atoms with E-state index in [1.807, 2.05) is 0 Å². The molecule has 0 amide bonds. The van der Waals surface area contributed by atoms with Crippen molar-refractivity contribution in [1.82, 2.24) is 10.2 Å². The Hall–Kier alpha value is -1.52. The van der Waals surface area contributed by atoms with E-state index < -0.39 is 11.5 Å². The van der Waals surface area contributed by atoms with Crippen LogP contribution in [0.3, 0.4) is 0 Å². The van der Waals surface area contributed by atoms with Crippen molar-refractivity contribution in [3.8, 4) is 0 Å². The van der Waals surface area contributed by atoms with Crippen molar-refractivity contribution in [2.75, 3.05) is 0 Å². The molecule has 3 N–H and O–H groups in total. The van der Waals surface area contributed by atoms with Crippen molar-refractivity contribution in [2.24, 2.45) is 0 Å². The third kappa shape index (κ3) is 0.939. The molecule has 0 aliphatic heterocycles. The summed E-state index contributed by atoms with van der Waals surface area (Å²) in [7, 11) is 0. The SMILES string of the molecule is O=C(O)c1c(C2CC2)[nH][nH]c1=O. The Morgan fingerprint density at radius 1 is 1.42 bits per heavy atom. The van der Waals surface area contributed by atoms with Crippen LogP contribution >= 0.6 is 0 Å². The molecule has 1 aliphatic rings. The molecule has 5 nitrogen and oxygen atoms in total. The van der Waals surface area contributed by atoms with Gasteiger partial charge in [-0.2, -0.15) is 0 Å². The fourth-order valence-electron chi connectivity index (χ4n) is 1.26. The number of aromatic nitrogens is 2. The van der Waals surface area contributed by atoms with Crippen LogP contribution in [0.2, 0.25) is 0 Å². The van der Waals surface area contributed by atoms with Gasteiger partial charge >= 0.3 is 5.97 Å². The molecular formula is C7H8N2O3. The van der Waals surface area contributed by atoms with Crippen LogP contribution in [0, 0.1) is 0 Å². The van der Waals surface area contributed by atoms with E-state index in [9.17, 15) is 9.59 Å². The first kappa shape index (κ1) is 7.15. The number of rotatable bonds is 2. The van der Waals surface area contributed by atoms with E-state index in [2.05, 4.69) is 10.2 Å². The van der Waals surface area contributed by atoms with Crippen LogP contribution in [0.25, 0.3) is 0 Å². The Bertz CT molecular complexity index is 372. The summed E-state index contributed by atoms with van der Waals surface area (Å²) in [5.74, 6) is -0.908. The molecule has 0 radical (unpaired) electrons. The van der Waals surface area contributed by atoms with E-state index >= 15 is 0 Å². The summed E-state index contributed by atoms with van der Waals surface area (Å²) in [5.41, 5.74) is -0.116. The van der Waals surface area contributed by atoms with Gasteiger partial charge in [0, 0.05) is 5.92 Å². The van der Waals surface area contributed by atoms with Crippen LogP contribution in [0.5, 0.6) is 0 Å². The summed E-state index contributed by atoms with van der Waals surface area (Å²) in [6.45, 7) is 0. The summed E-state index contributed by atoms with van der Waals surface area (Å²) >= 11 is 0. The zero-order chi connectivity index (χ0) is 8.72. The standard InChI is InChI=1S/C7H8N2O3/c10-6-4(7(11)12)5(8-9-6)3-1-2-3/h3H,1-2H2,(H,11,12)(H2,8,9,10). The van der Waals surface area contributed by atoms with Gasteiger partial charge in [0.25, 0.3) is 5.56 Å². The fourth-order valence-corrected chi connectivity index (χ4v) is 1.26. The van der Waals surface area contributed by atoms with Crippen molar-refractivity contribution in [1.29, 1.82) is 0 Å². The van der Waals surface area contributed by atoms with Crippen molar-refractivity contribution < 1.29 is 9.90 Å². The number of aromatic carboxylic acids is 1. The van der Waals surface area contributed by atoms with E-state index in [0.29, 0.717) is 5.69 Å².